The molecule has 0 aliphatic heterocycles. The largest absolute Gasteiger partial charge is 0.466 e. The molecule has 0 saturated carbocycles. The molecule has 1 N–H and O–H groups in total. The number of rotatable bonds is 3. The number of carbonyl (C=O) groups is 1. The van der Waals surface area contributed by atoms with Crippen LogP contribution in [0, 0.1) is 20.8 Å². The lowest BCUT2D eigenvalue weighted by Gasteiger charge is -2.09. The average molecular weight is 312 g/mol. The monoisotopic (exact) mass is 312 g/mol. The Hall–Kier alpha value is -2.40. The summed E-state index contributed by atoms with van der Waals surface area (Å²) in [6.07, 6.45) is 0. The highest BCUT2D eigenvalue weighted by Gasteiger charge is 2.16. The number of benzene rings is 1. The lowest BCUT2D eigenvalue weighted by molar-refractivity contribution is 0.102. The molecular weight excluding hydrogens is 296 g/mol. The molecule has 1 amide bonds. The van der Waals surface area contributed by atoms with Gasteiger partial charge in [0.1, 0.15) is 11.5 Å². The van der Waals surface area contributed by atoms with Gasteiger partial charge in [-0.05, 0) is 32.9 Å². The first kappa shape index (κ1) is 14.5. The molecule has 0 spiro atoms. The van der Waals surface area contributed by atoms with Crippen molar-refractivity contribution in [2.75, 3.05) is 5.32 Å². The van der Waals surface area contributed by atoms with Crippen molar-refractivity contribution < 1.29 is 9.21 Å². The van der Waals surface area contributed by atoms with E-state index in [1.54, 1.807) is 24.3 Å². The molecule has 3 aromatic rings. The second-order valence-electron chi connectivity index (χ2n) is 5.08. The van der Waals surface area contributed by atoms with Gasteiger partial charge in [0, 0.05) is 10.9 Å². The molecule has 0 bridgehead atoms. The zero-order valence-electron chi connectivity index (χ0n) is 12.6. The quantitative estimate of drug-likeness (QED) is 0.770. The Bertz CT molecular complexity index is 833. The molecule has 2 aromatic heterocycles. The summed E-state index contributed by atoms with van der Waals surface area (Å²) in [6, 6.07) is 9.42. The van der Waals surface area contributed by atoms with Gasteiger partial charge in [-0.3, -0.25) is 4.79 Å². The van der Waals surface area contributed by atoms with Crippen LogP contribution in [0.25, 0.3) is 11.3 Å². The van der Waals surface area contributed by atoms with Gasteiger partial charge in [0.05, 0.1) is 22.0 Å². The average Bonchev–Trinajstić information content (AvgIpc) is 3.05. The number of nitrogens with one attached hydrogen (secondary N) is 1. The van der Waals surface area contributed by atoms with Crippen LogP contribution in [0.4, 0.5) is 5.69 Å². The molecule has 0 aliphatic carbocycles. The minimum Gasteiger partial charge on any atom is -0.466 e. The number of nitrogens with zero attached hydrogens (tertiary/aromatic N) is 1. The van der Waals surface area contributed by atoms with Gasteiger partial charge in [-0.15, -0.1) is 11.3 Å². The van der Waals surface area contributed by atoms with Gasteiger partial charge < -0.3 is 9.73 Å². The number of anilines is 1. The van der Waals surface area contributed by atoms with Crippen molar-refractivity contribution in [2.45, 2.75) is 20.8 Å². The van der Waals surface area contributed by atoms with Gasteiger partial charge in [0.15, 0.2) is 0 Å². The summed E-state index contributed by atoms with van der Waals surface area (Å²) in [4.78, 5) is 16.9. The van der Waals surface area contributed by atoms with E-state index in [2.05, 4.69) is 10.3 Å². The van der Waals surface area contributed by atoms with Gasteiger partial charge in [0.2, 0.25) is 0 Å². The van der Waals surface area contributed by atoms with Crippen molar-refractivity contribution >= 4 is 22.9 Å². The molecule has 0 saturated heterocycles. The minimum atomic E-state index is -0.172. The summed E-state index contributed by atoms with van der Waals surface area (Å²) in [5.41, 5.74) is 3.09. The number of hydrogen-bond donors (Lipinski definition) is 1. The standard InChI is InChI=1S/C17H16N2O2S/c1-10-8-14(11(2)21-10)17(20)19-15-7-5-4-6-13(15)16-9-22-12(3)18-16/h4-9H,1-3H3,(H,19,20). The van der Waals surface area contributed by atoms with E-state index in [0.29, 0.717) is 11.3 Å². The van der Waals surface area contributed by atoms with Gasteiger partial charge >= 0.3 is 0 Å². The summed E-state index contributed by atoms with van der Waals surface area (Å²) >= 11 is 1.59. The lowest BCUT2D eigenvalue weighted by atomic mass is 10.1. The Morgan fingerprint density at radius 2 is 2.00 bits per heavy atom. The lowest BCUT2D eigenvalue weighted by Crippen LogP contribution is -2.12. The van der Waals surface area contributed by atoms with Crippen LogP contribution < -0.4 is 5.32 Å². The van der Waals surface area contributed by atoms with E-state index in [1.165, 1.54) is 0 Å². The molecule has 0 unspecified atom stereocenters. The molecule has 5 heteroatoms. The van der Waals surface area contributed by atoms with E-state index in [1.807, 2.05) is 43.5 Å². The maximum Gasteiger partial charge on any atom is 0.259 e. The highest BCUT2D eigenvalue weighted by molar-refractivity contribution is 7.09. The van der Waals surface area contributed by atoms with Crippen molar-refractivity contribution in [3.63, 3.8) is 0 Å². The summed E-state index contributed by atoms with van der Waals surface area (Å²) in [7, 11) is 0. The maximum atomic E-state index is 12.4. The molecule has 0 aliphatic rings. The number of aryl methyl sites for hydroxylation is 3. The second-order valence-corrected chi connectivity index (χ2v) is 6.14. The molecule has 22 heavy (non-hydrogen) atoms. The number of aromatic nitrogens is 1. The van der Waals surface area contributed by atoms with Gasteiger partial charge in [-0.2, -0.15) is 0 Å². The number of furan rings is 1. The first-order valence-electron chi connectivity index (χ1n) is 6.94. The Morgan fingerprint density at radius 3 is 2.64 bits per heavy atom. The van der Waals surface area contributed by atoms with Crippen LogP contribution >= 0.6 is 11.3 Å². The molecule has 2 heterocycles. The Balaban J connectivity index is 1.93. The highest BCUT2D eigenvalue weighted by Crippen LogP contribution is 2.29. The van der Waals surface area contributed by atoms with E-state index >= 15 is 0 Å². The van der Waals surface area contributed by atoms with E-state index in [-0.39, 0.29) is 5.91 Å². The number of hydrogen-bond acceptors (Lipinski definition) is 4. The molecule has 3 rings (SSSR count). The molecular formula is C17H16N2O2S. The van der Waals surface area contributed by atoms with Crippen molar-refractivity contribution in [3.05, 3.63) is 57.8 Å². The first-order chi connectivity index (χ1) is 10.5. The fourth-order valence-corrected chi connectivity index (χ4v) is 2.96. The molecule has 0 fully saturated rings. The predicted molar refractivity (Wildman–Crippen MR) is 88.4 cm³/mol. The van der Waals surface area contributed by atoms with Crippen LogP contribution in [-0.4, -0.2) is 10.9 Å². The SMILES string of the molecule is Cc1cc(C(=O)Nc2ccccc2-c2csc(C)n2)c(C)o1. The van der Waals surface area contributed by atoms with Crippen molar-refractivity contribution in [3.8, 4) is 11.3 Å². The fraction of sp³-hybridized carbons (Fsp3) is 0.176. The van der Waals surface area contributed by atoms with Crippen LogP contribution in [0.5, 0.6) is 0 Å². The third-order valence-corrected chi connectivity index (χ3v) is 4.13. The number of carbonyl (C=O) groups excluding carboxylic acids is 1. The van der Waals surface area contributed by atoms with Crippen LogP contribution in [0.15, 0.2) is 40.1 Å². The number of amides is 1. The van der Waals surface area contributed by atoms with Crippen molar-refractivity contribution in [1.82, 2.24) is 4.98 Å². The van der Waals surface area contributed by atoms with Gasteiger partial charge in [-0.1, -0.05) is 18.2 Å². The summed E-state index contributed by atoms with van der Waals surface area (Å²) in [5, 5.41) is 5.95. The van der Waals surface area contributed by atoms with Gasteiger partial charge in [-0.25, -0.2) is 4.98 Å². The Kier molecular flexibility index (Phi) is 3.81. The molecule has 0 radical (unpaired) electrons. The summed E-state index contributed by atoms with van der Waals surface area (Å²) in [5.74, 6) is 1.18. The minimum absolute atomic E-state index is 0.172. The topological polar surface area (TPSA) is 55.1 Å². The predicted octanol–water partition coefficient (Wildman–Crippen LogP) is 4.58. The fourth-order valence-electron chi connectivity index (χ4n) is 2.35. The summed E-state index contributed by atoms with van der Waals surface area (Å²) < 4.78 is 5.42. The Morgan fingerprint density at radius 1 is 1.23 bits per heavy atom. The van der Waals surface area contributed by atoms with E-state index in [4.69, 9.17) is 4.42 Å². The van der Waals surface area contributed by atoms with Crippen molar-refractivity contribution in [1.29, 1.82) is 0 Å². The number of thiazole rings is 1. The zero-order chi connectivity index (χ0) is 15.7. The van der Waals surface area contributed by atoms with E-state index < -0.39 is 0 Å². The van der Waals surface area contributed by atoms with Crippen molar-refractivity contribution in [2.24, 2.45) is 0 Å². The third kappa shape index (κ3) is 2.80. The number of para-hydroxylation sites is 1. The molecule has 0 atom stereocenters. The first-order valence-corrected chi connectivity index (χ1v) is 7.82. The molecule has 4 nitrogen and oxygen atoms in total. The van der Waals surface area contributed by atoms with Crippen LogP contribution in [0.1, 0.15) is 26.9 Å². The smallest absolute Gasteiger partial charge is 0.259 e. The zero-order valence-corrected chi connectivity index (χ0v) is 13.5. The highest BCUT2D eigenvalue weighted by atomic mass is 32.1. The second kappa shape index (κ2) is 5.77. The van der Waals surface area contributed by atoms with E-state index in [9.17, 15) is 4.79 Å². The van der Waals surface area contributed by atoms with E-state index in [0.717, 1.165) is 27.7 Å². The Labute approximate surface area is 132 Å². The normalized spacial score (nSPS) is 10.7. The van der Waals surface area contributed by atoms with Crippen LogP contribution in [0.2, 0.25) is 0 Å². The van der Waals surface area contributed by atoms with Gasteiger partial charge in [0.25, 0.3) is 5.91 Å². The third-order valence-electron chi connectivity index (χ3n) is 3.36. The molecule has 1 aromatic carbocycles. The maximum absolute atomic E-state index is 12.4. The van der Waals surface area contributed by atoms with Crippen LogP contribution in [0.3, 0.4) is 0 Å². The summed E-state index contributed by atoms with van der Waals surface area (Å²) in [6.45, 7) is 5.58. The van der Waals surface area contributed by atoms with Crippen LogP contribution in [-0.2, 0) is 0 Å². The molecule has 112 valence electrons.